The highest BCUT2D eigenvalue weighted by Gasteiger charge is 2.13. The third-order valence-corrected chi connectivity index (χ3v) is 7.64. The molecule has 0 saturated carbocycles. The largest absolute Gasteiger partial charge is 0.396 e. The molecule has 0 amide bonds. The summed E-state index contributed by atoms with van der Waals surface area (Å²) in [5.74, 6) is 0. The SMILES string of the molecule is C=C(C)c1ccccc1.C=C\C=C(/C=C(C)/C(C)=N/C(/C=C/C=C\C=C/C)=C/CC)c1ccc2c(N)c(N=CC)c3ccccc3c2c1.CCC. The molecule has 4 rings (SSSR count). The number of anilines is 1. The van der Waals surface area contributed by atoms with Gasteiger partial charge in [-0.1, -0.05) is 161 Å². The standard InChI is InChI=1S/C36H39N3.C9H10.C3H8/c1-7-11-12-13-14-19-30(18-9-3)39-27(6)26(5)24-28(17-8-2)29-22-23-32-34(25-29)31-20-15-16-21-33(31)36(35(32)37)38-10-4;1-8(2)9-6-4-3-5-7-9;1-3-2/h7-8,10-25H,2,9,37H2,1,3-6H3;3-7H,1H2,2H3;3H2,1-2H3/b11-7-,13-12-,19-14+,26-24+,28-17+,30-18+,38-10?,39-27+;;. The van der Waals surface area contributed by atoms with Crippen LogP contribution in [0.1, 0.15) is 79.4 Å². The molecule has 0 fully saturated rings. The Morgan fingerprint density at radius 2 is 1.41 bits per heavy atom. The molecule has 4 aromatic rings. The molecule has 0 unspecified atom stereocenters. The molecule has 0 aliphatic heterocycles. The van der Waals surface area contributed by atoms with Crippen molar-refractivity contribution in [3.8, 4) is 0 Å². The van der Waals surface area contributed by atoms with Gasteiger partial charge in [0.1, 0.15) is 0 Å². The fraction of sp³-hybridized carbons (Fsp3) is 0.208. The Kier molecular flexibility index (Phi) is 18.8. The summed E-state index contributed by atoms with van der Waals surface area (Å²) in [7, 11) is 0. The van der Waals surface area contributed by atoms with Crippen LogP contribution >= 0.6 is 0 Å². The first-order valence-corrected chi connectivity index (χ1v) is 17.8. The van der Waals surface area contributed by atoms with Crippen molar-refractivity contribution in [3.05, 3.63) is 169 Å². The Labute approximate surface area is 308 Å². The lowest BCUT2D eigenvalue weighted by Crippen LogP contribution is -1.96. The summed E-state index contributed by atoms with van der Waals surface area (Å²) in [4.78, 5) is 9.49. The van der Waals surface area contributed by atoms with Gasteiger partial charge in [-0.25, -0.2) is 0 Å². The Bertz CT molecular complexity index is 1990. The average molecular weight is 676 g/mol. The molecule has 0 atom stereocenters. The summed E-state index contributed by atoms with van der Waals surface area (Å²) in [6, 6.07) is 24.9. The van der Waals surface area contributed by atoms with Gasteiger partial charge in [-0.15, -0.1) is 0 Å². The molecule has 0 aliphatic rings. The van der Waals surface area contributed by atoms with Crippen LogP contribution in [0.2, 0.25) is 0 Å². The second kappa shape index (κ2) is 23.0. The van der Waals surface area contributed by atoms with E-state index in [2.05, 4.69) is 113 Å². The van der Waals surface area contributed by atoms with Crippen molar-refractivity contribution in [2.75, 3.05) is 5.73 Å². The van der Waals surface area contributed by atoms with Crippen molar-refractivity contribution in [2.24, 2.45) is 9.98 Å². The minimum Gasteiger partial charge on any atom is -0.396 e. The molecule has 264 valence electrons. The van der Waals surface area contributed by atoms with Crippen LogP contribution < -0.4 is 5.73 Å². The third-order valence-electron chi connectivity index (χ3n) is 7.64. The zero-order valence-electron chi connectivity index (χ0n) is 32.1. The van der Waals surface area contributed by atoms with Crippen LogP contribution in [-0.4, -0.2) is 11.9 Å². The molecule has 3 nitrogen and oxygen atoms in total. The lowest BCUT2D eigenvalue weighted by molar-refractivity contribution is 1.09. The van der Waals surface area contributed by atoms with Crippen LogP contribution in [0.15, 0.2) is 168 Å². The van der Waals surface area contributed by atoms with Crippen LogP contribution in [-0.2, 0) is 0 Å². The molecule has 4 aromatic carbocycles. The highest BCUT2D eigenvalue weighted by atomic mass is 14.8. The van der Waals surface area contributed by atoms with Crippen LogP contribution in [0.25, 0.3) is 32.7 Å². The van der Waals surface area contributed by atoms with Gasteiger partial charge in [0.2, 0.25) is 0 Å². The van der Waals surface area contributed by atoms with E-state index in [4.69, 9.17) is 10.7 Å². The number of fused-ring (bicyclic) bond motifs is 3. The highest BCUT2D eigenvalue weighted by molar-refractivity contribution is 6.19. The Morgan fingerprint density at radius 3 is 2.00 bits per heavy atom. The first-order chi connectivity index (χ1) is 24.7. The zero-order valence-corrected chi connectivity index (χ0v) is 32.1. The van der Waals surface area contributed by atoms with Crippen molar-refractivity contribution in [2.45, 2.75) is 68.2 Å². The molecular formula is C48H57N3. The number of benzene rings is 4. The van der Waals surface area contributed by atoms with Gasteiger partial charge in [0, 0.05) is 22.7 Å². The van der Waals surface area contributed by atoms with Crippen molar-refractivity contribution < 1.29 is 0 Å². The monoisotopic (exact) mass is 675 g/mol. The van der Waals surface area contributed by atoms with Gasteiger partial charge in [0.15, 0.2) is 0 Å². The Hall–Kier alpha value is -5.54. The minimum absolute atomic E-state index is 0.696. The predicted molar refractivity (Wildman–Crippen MR) is 233 cm³/mol. The third kappa shape index (κ3) is 13.0. The first-order valence-electron chi connectivity index (χ1n) is 17.8. The summed E-state index contributed by atoms with van der Waals surface area (Å²) < 4.78 is 0. The predicted octanol–water partition coefficient (Wildman–Crippen LogP) is 14.4. The van der Waals surface area contributed by atoms with Gasteiger partial charge in [-0.2, -0.15) is 0 Å². The molecule has 0 bridgehead atoms. The molecule has 0 aromatic heterocycles. The molecule has 0 radical (unpaired) electrons. The van der Waals surface area contributed by atoms with Gasteiger partial charge in [-0.3, -0.25) is 9.98 Å². The second-order valence-electron chi connectivity index (χ2n) is 12.0. The number of nitrogens with two attached hydrogens (primary N) is 1. The number of hydrogen-bond acceptors (Lipinski definition) is 3. The van der Waals surface area contributed by atoms with Gasteiger partial charge in [0.25, 0.3) is 0 Å². The molecule has 0 saturated heterocycles. The van der Waals surface area contributed by atoms with E-state index < -0.39 is 0 Å². The summed E-state index contributed by atoms with van der Waals surface area (Å²) in [5, 5.41) is 4.28. The lowest BCUT2D eigenvalue weighted by Gasteiger charge is -2.14. The maximum atomic E-state index is 6.62. The summed E-state index contributed by atoms with van der Waals surface area (Å²) in [6.45, 7) is 24.2. The van der Waals surface area contributed by atoms with Gasteiger partial charge >= 0.3 is 0 Å². The molecule has 51 heavy (non-hydrogen) atoms. The van der Waals surface area contributed by atoms with Crippen LogP contribution in [0.3, 0.4) is 0 Å². The van der Waals surface area contributed by atoms with E-state index in [1.54, 1.807) is 6.21 Å². The van der Waals surface area contributed by atoms with Crippen molar-refractivity contribution in [1.29, 1.82) is 0 Å². The van der Waals surface area contributed by atoms with Crippen molar-refractivity contribution >= 4 is 56.0 Å². The molecule has 0 heterocycles. The van der Waals surface area contributed by atoms with Gasteiger partial charge < -0.3 is 5.73 Å². The van der Waals surface area contributed by atoms with Crippen LogP contribution in [0.4, 0.5) is 11.4 Å². The zero-order chi connectivity index (χ0) is 37.6. The number of aliphatic imine (C=N–C) groups is 2. The average Bonchev–Trinajstić information content (AvgIpc) is 3.13. The molecule has 2 N–H and O–H groups in total. The summed E-state index contributed by atoms with van der Waals surface area (Å²) >= 11 is 0. The normalized spacial score (nSPS) is 12.9. The molecule has 3 heteroatoms. The Balaban J connectivity index is 0.000000637. The maximum Gasteiger partial charge on any atom is 0.0939 e. The minimum atomic E-state index is 0.696. The Morgan fingerprint density at radius 1 is 0.765 bits per heavy atom. The molecular weight excluding hydrogens is 619 g/mol. The van der Waals surface area contributed by atoms with E-state index in [-0.39, 0.29) is 0 Å². The summed E-state index contributed by atoms with van der Waals surface area (Å²) in [5.41, 5.74) is 15.6. The van der Waals surface area contributed by atoms with Gasteiger partial charge in [0.05, 0.1) is 17.1 Å². The smallest absolute Gasteiger partial charge is 0.0939 e. The topological polar surface area (TPSA) is 50.7 Å². The van der Waals surface area contributed by atoms with E-state index >= 15 is 0 Å². The van der Waals surface area contributed by atoms with Gasteiger partial charge in [-0.05, 0) is 92.3 Å². The molecule has 0 spiro atoms. The first kappa shape index (κ1) is 41.6. The lowest BCUT2D eigenvalue weighted by atomic mass is 9.93. The van der Waals surface area contributed by atoms with E-state index in [0.717, 1.165) is 67.3 Å². The highest BCUT2D eigenvalue weighted by Crippen LogP contribution is 2.41. The number of nitrogen functional groups attached to an aromatic ring is 1. The molecule has 0 aliphatic carbocycles. The quantitative estimate of drug-likeness (QED) is 0.0731. The maximum absolute atomic E-state index is 6.62. The van der Waals surface area contributed by atoms with E-state index in [1.165, 1.54) is 12.0 Å². The number of rotatable bonds is 11. The second-order valence-corrected chi connectivity index (χ2v) is 12.0. The van der Waals surface area contributed by atoms with E-state index in [1.807, 2.05) is 93.6 Å². The van der Waals surface area contributed by atoms with Crippen LogP contribution in [0, 0.1) is 0 Å². The number of allylic oxidation sites excluding steroid dienone is 13. The fourth-order valence-corrected chi connectivity index (χ4v) is 5.10. The van der Waals surface area contributed by atoms with Crippen LogP contribution in [0.5, 0.6) is 0 Å². The number of nitrogens with zero attached hydrogens (tertiary/aromatic N) is 2. The van der Waals surface area contributed by atoms with E-state index in [0.29, 0.717) is 5.69 Å². The number of hydrogen-bond donors (Lipinski definition) is 1. The summed E-state index contributed by atoms with van der Waals surface area (Å²) in [6.07, 6.45) is 24.2. The fourth-order valence-electron chi connectivity index (χ4n) is 5.10. The van der Waals surface area contributed by atoms with Crippen molar-refractivity contribution in [1.82, 2.24) is 0 Å². The van der Waals surface area contributed by atoms with E-state index in [9.17, 15) is 0 Å². The van der Waals surface area contributed by atoms with Crippen molar-refractivity contribution in [3.63, 3.8) is 0 Å².